The molecule has 2 aromatic carbocycles. The Hall–Kier alpha value is -3.42. The maximum Gasteiger partial charge on any atom is 0.306 e. The second-order valence-corrected chi connectivity index (χ2v) is 9.07. The highest BCUT2D eigenvalue weighted by Gasteiger charge is 2.36. The van der Waals surface area contributed by atoms with Gasteiger partial charge in [0.05, 0.1) is 24.7 Å². The van der Waals surface area contributed by atoms with Gasteiger partial charge in [0.15, 0.2) is 17.4 Å². The summed E-state index contributed by atoms with van der Waals surface area (Å²) in [4.78, 5) is 11.7. The number of hydrogen-bond acceptors (Lipinski definition) is 3. The number of aliphatic carboxylic acids is 1. The van der Waals surface area contributed by atoms with Crippen LogP contribution in [0, 0.1) is 17.6 Å². The fourth-order valence-electron chi connectivity index (χ4n) is 5.36. The number of fused-ring (bicyclic) bond motifs is 2. The van der Waals surface area contributed by atoms with E-state index in [4.69, 9.17) is 4.74 Å². The van der Waals surface area contributed by atoms with E-state index in [1.165, 1.54) is 13.2 Å². The number of aromatic amines is 1. The Kier molecular flexibility index (Phi) is 5.11. The molecule has 2 N–H and O–H groups in total. The largest absolute Gasteiger partial charge is 0.494 e. The van der Waals surface area contributed by atoms with Crippen molar-refractivity contribution in [3.8, 4) is 11.4 Å². The van der Waals surface area contributed by atoms with Crippen molar-refractivity contribution in [2.45, 2.75) is 44.9 Å². The SMILES string of the molecule is COc1cc(-n2c(C(C)C)c([C@@H]3CCC(C(=O)O)C3)c3c(F)c4[nH]ncc4cc32)ccc1F. The van der Waals surface area contributed by atoms with Gasteiger partial charge in [-0.05, 0) is 54.9 Å². The molecular formula is C25H25F2N3O3. The van der Waals surface area contributed by atoms with E-state index >= 15 is 4.39 Å². The summed E-state index contributed by atoms with van der Waals surface area (Å²) in [5.41, 5.74) is 3.35. The highest BCUT2D eigenvalue weighted by molar-refractivity contribution is 6.00. The number of nitrogens with one attached hydrogen (secondary N) is 1. The Morgan fingerprint density at radius 2 is 2.06 bits per heavy atom. The van der Waals surface area contributed by atoms with Crippen LogP contribution in [0.15, 0.2) is 30.5 Å². The number of benzene rings is 2. The first kappa shape index (κ1) is 21.4. The first-order valence-corrected chi connectivity index (χ1v) is 11.1. The molecule has 0 radical (unpaired) electrons. The number of carboxylic acid groups (broad SMARTS) is 1. The molecule has 1 aliphatic rings. The maximum atomic E-state index is 16.0. The number of nitrogens with zero attached hydrogens (tertiary/aromatic N) is 2. The minimum atomic E-state index is -0.813. The minimum Gasteiger partial charge on any atom is -0.494 e. The summed E-state index contributed by atoms with van der Waals surface area (Å²) in [6.45, 7) is 4.06. The number of hydrogen-bond donors (Lipinski definition) is 2. The van der Waals surface area contributed by atoms with Crippen LogP contribution in [-0.4, -0.2) is 33.0 Å². The highest BCUT2D eigenvalue weighted by atomic mass is 19.1. The quantitative estimate of drug-likeness (QED) is 0.395. The second kappa shape index (κ2) is 7.86. The summed E-state index contributed by atoms with van der Waals surface area (Å²) >= 11 is 0. The molecule has 172 valence electrons. The number of aromatic nitrogens is 3. The molecule has 6 nitrogen and oxygen atoms in total. The van der Waals surface area contributed by atoms with Crippen LogP contribution in [0.1, 0.15) is 56.2 Å². The van der Waals surface area contributed by atoms with E-state index in [-0.39, 0.29) is 17.6 Å². The van der Waals surface area contributed by atoms with E-state index in [1.54, 1.807) is 18.3 Å². The lowest BCUT2D eigenvalue weighted by atomic mass is 9.89. The van der Waals surface area contributed by atoms with Crippen LogP contribution in [0.2, 0.25) is 0 Å². The number of methoxy groups -OCH3 is 1. The van der Waals surface area contributed by atoms with Gasteiger partial charge in [-0.25, -0.2) is 8.78 Å². The maximum absolute atomic E-state index is 16.0. The van der Waals surface area contributed by atoms with E-state index in [9.17, 15) is 14.3 Å². The van der Waals surface area contributed by atoms with Crippen LogP contribution < -0.4 is 4.74 Å². The summed E-state index contributed by atoms with van der Waals surface area (Å²) in [6, 6.07) is 6.48. The molecule has 8 heteroatoms. The van der Waals surface area contributed by atoms with Gasteiger partial charge in [-0.15, -0.1) is 0 Å². The van der Waals surface area contributed by atoms with Crippen molar-refractivity contribution >= 4 is 27.8 Å². The Morgan fingerprint density at radius 1 is 1.27 bits per heavy atom. The first-order chi connectivity index (χ1) is 15.8. The molecule has 5 rings (SSSR count). The van der Waals surface area contributed by atoms with Gasteiger partial charge in [-0.2, -0.15) is 5.10 Å². The van der Waals surface area contributed by atoms with Crippen molar-refractivity contribution in [1.82, 2.24) is 14.8 Å². The monoisotopic (exact) mass is 453 g/mol. The van der Waals surface area contributed by atoms with Crippen molar-refractivity contribution in [3.05, 3.63) is 53.4 Å². The Balaban J connectivity index is 1.87. The standard InChI is InChI=1S/C25H25F2N3O3/c1-12(2)24-20(13-4-5-14(8-13)25(31)32)21-18(9-15-11-28-29-23(15)22(21)27)30(24)16-6-7-17(26)19(10-16)33-3/h6-7,9-14H,4-5,8H2,1-3H3,(H,28,29)(H,31,32)/t13-,14?/m1/s1. The molecule has 1 aliphatic carbocycles. The second-order valence-electron chi connectivity index (χ2n) is 9.07. The van der Waals surface area contributed by atoms with Gasteiger partial charge in [-0.3, -0.25) is 9.89 Å². The van der Waals surface area contributed by atoms with Gasteiger partial charge < -0.3 is 14.4 Å². The third-order valence-electron chi connectivity index (χ3n) is 6.81. The molecule has 4 aromatic rings. The first-order valence-electron chi connectivity index (χ1n) is 11.1. The molecule has 0 spiro atoms. The van der Waals surface area contributed by atoms with Crippen LogP contribution in [0.4, 0.5) is 8.78 Å². The summed E-state index contributed by atoms with van der Waals surface area (Å²) < 4.78 is 37.3. The van der Waals surface area contributed by atoms with Gasteiger partial charge >= 0.3 is 5.97 Å². The zero-order chi connectivity index (χ0) is 23.4. The average molecular weight is 453 g/mol. The third-order valence-corrected chi connectivity index (χ3v) is 6.81. The number of carbonyl (C=O) groups is 1. The molecule has 0 saturated heterocycles. The zero-order valence-corrected chi connectivity index (χ0v) is 18.7. The molecule has 0 amide bonds. The van der Waals surface area contributed by atoms with Crippen molar-refractivity contribution in [3.63, 3.8) is 0 Å². The van der Waals surface area contributed by atoms with Crippen molar-refractivity contribution in [2.75, 3.05) is 7.11 Å². The fourth-order valence-corrected chi connectivity index (χ4v) is 5.36. The van der Waals surface area contributed by atoms with Crippen LogP contribution in [-0.2, 0) is 4.79 Å². The molecule has 2 aromatic heterocycles. The Bertz CT molecular complexity index is 1390. The average Bonchev–Trinajstić information content (AvgIpc) is 3.51. The summed E-state index contributed by atoms with van der Waals surface area (Å²) in [5, 5.41) is 17.4. The Morgan fingerprint density at radius 3 is 2.73 bits per heavy atom. The molecule has 1 fully saturated rings. The van der Waals surface area contributed by atoms with Crippen molar-refractivity contribution < 1.29 is 23.4 Å². The molecular weight excluding hydrogens is 428 g/mol. The fraction of sp³-hybridized carbons (Fsp3) is 0.360. The number of halogens is 2. The molecule has 2 atom stereocenters. The Labute approximate surface area is 189 Å². The van der Waals surface area contributed by atoms with Crippen molar-refractivity contribution in [2.24, 2.45) is 5.92 Å². The summed E-state index contributed by atoms with van der Waals surface area (Å²) in [5.74, 6) is -2.13. The lowest BCUT2D eigenvalue weighted by Gasteiger charge is -2.19. The van der Waals surface area contributed by atoms with Gasteiger partial charge in [-0.1, -0.05) is 13.8 Å². The lowest BCUT2D eigenvalue weighted by Crippen LogP contribution is -2.10. The van der Waals surface area contributed by atoms with E-state index in [0.717, 1.165) is 11.3 Å². The zero-order valence-electron chi connectivity index (χ0n) is 18.7. The molecule has 0 bridgehead atoms. The molecule has 33 heavy (non-hydrogen) atoms. The summed E-state index contributed by atoms with van der Waals surface area (Å²) in [6.07, 6.45) is 3.26. The molecule has 0 aliphatic heterocycles. The smallest absolute Gasteiger partial charge is 0.306 e. The number of rotatable bonds is 5. The summed E-state index contributed by atoms with van der Waals surface area (Å²) in [7, 11) is 1.41. The highest BCUT2D eigenvalue weighted by Crippen LogP contribution is 2.48. The molecule has 1 unspecified atom stereocenters. The van der Waals surface area contributed by atoms with Crippen LogP contribution >= 0.6 is 0 Å². The number of carboxylic acids is 1. The van der Waals surface area contributed by atoms with Gasteiger partial charge in [0.1, 0.15) is 5.52 Å². The minimum absolute atomic E-state index is 0.00296. The van der Waals surface area contributed by atoms with Crippen LogP contribution in [0.25, 0.3) is 27.5 Å². The van der Waals surface area contributed by atoms with Gasteiger partial charge in [0.2, 0.25) is 0 Å². The van der Waals surface area contributed by atoms with Crippen molar-refractivity contribution in [1.29, 1.82) is 0 Å². The van der Waals surface area contributed by atoms with Crippen LogP contribution in [0.5, 0.6) is 5.75 Å². The predicted molar refractivity (Wildman–Crippen MR) is 121 cm³/mol. The topological polar surface area (TPSA) is 80.1 Å². The predicted octanol–water partition coefficient (Wildman–Crippen LogP) is 5.89. The molecule has 1 saturated carbocycles. The number of ether oxygens (including phenoxy) is 1. The third kappa shape index (κ3) is 3.27. The molecule has 2 heterocycles. The van der Waals surface area contributed by atoms with E-state index in [2.05, 4.69) is 10.2 Å². The lowest BCUT2D eigenvalue weighted by molar-refractivity contribution is -0.141. The van der Waals surface area contributed by atoms with Gasteiger partial charge in [0.25, 0.3) is 0 Å². The van der Waals surface area contributed by atoms with Gasteiger partial charge in [0, 0.05) is 28.2 Å². The normalized spacial score (nSPS) is 18.6. The number of H-pyrrole nitrogens is 1. The van der Waals surface area contributed by atoms with E-state index in [0.29, 0.717) is 46.8 Å². The van der Waals surface area contributed by atoms with Crippen LogP contribution in [0.3, 0.4) is 0 Å². The van der Waals surface area contributed by atoms with E-state index < -0.39 is 23.5 Å². The van der Waals surface area contributed by atoms with E-state index in [1.807, 2.05) is 24.5 Å².